The normalized spacial score (nSPS) is 10.4. The molecule has 0 radical (unpaired) electrons. The molecule has 8 heteroatoms. The number of non-ortho nitro benzene ring substituents is 1. The summed E-state index contributed by atoms with van der Waals surface area (Å²) in [6, 6.07) is 6.66. The van der Waals surface area contributed by atoms with Gasteiger partial charge in [-0.1, -0.05) is 11.8 Å². The second-order valence-corrected chi connectivity index (χ2v) is 5.01. The van der Waals surface area contributed by atoms with Crippen LogP contribution in [0.1, 0.15) is 10.4 Å². The van der Waals surface area contributed by atoms with Crippen LogP contribution in [0.3, 0.4) is 0 Å². The summed E-state index contributed by atoms with van der Waals surface area (Å²) >= 11 is 0.716. The van der Waals surface area contributed by atoms with Crippen LogP contribution in [0.4, 0.5) is 14.5 Å². The highest BCUT2D eigenvalue weighted by atomic mass is 32.2. The summed E-state index contributed by atoms with van der Waals surface area (Å²) in [7, 11) is 0. The maximum absolute atomic E-state index is 13.7. The van der Waals surface area contributed by atoms with Crippen molar-refractivity contribution in [2.45, 2.75) is 9.79 Å². The van der Waals surface area contributed by atoms with E-state index in [4.69, 9.17) is 5.11 Å². The standard InChI is InChI=1S/C13H7F2NO4S/c14-10-5-8(16(19)20)6-11(15)12(10)21-9-3-1-7(2-4-9)13(17)18/h1-6H,(H,17,18). The van der Waals surface area contributed by atoms with E-state index in [9.17, 15) is 23.7 Å². The molecule has 0 aliphatic rings. The number of halogens is 2. The molecule has 0 unspecified atom stereocenters. The second kappa shape index (κ2) is 5.88. The Kier molecular flexibility index (Phi) is 4.18. The van der Waals surface area contributed by atoms with Crippen molar-refractivity contribution >= 4 is 23.4 Å². The molecule has 21 heavy (non-hydrogen) atoms. The lowest BCUT2D eigenvalue weighted by molar-refractivity contribution is -0.385. The highest BCUT2D eigenvalue weighted by Crippen LogP contribution is 2.34. The maximum atomic E-state index is 13.7. The van der Waals surface area contributed by atoms with Crippen LogP contribution < -0.4 is 0 Å². The first kappa shape index (κ1) is 14.9. The molecule has 0 aliphatic heterocycles. The summed E-state index contributed by atoms with van der Waals surface area (Å²) in [6.45, 7) is 0. The molecule has 0 bridgehead atoms. The van der Waals surface area contributed by atoms with E-state index in [1.807, 2.05) is 0 Å². The largest absolute Gasteiger partial charge is 0.478 e. The minimum Gasteiger partial charge on any atom is -0.478 e. The number of aromatic carboxylic acids is 1. The predicted octanol–water partition coefficient (Wildman–Crippen LogP) is 3.72. The van der Waals surface area contributed by atoms with E-state index in [0.717, 1.165) is 0 Å². The van der Waals surface area contributed by atoms with Crippen molar-refractivity contribution in [3.63, 3.8) is 0 Å². The summed E-state index contributed by atoms with van der Waals surface area (Å²) in [4.78, 5) is 20.3. The lowest BCUT2D eigenvalue weighted by Gasteiger charge is -2.05. The van der Waals surface area contributed by atoms with E-state index in [1.54, 1.807) is 0 Å². The molecule has 0 aromatic heterocycles. The van der Waals surface area contributed by atoms with E-state index >= 15 is 0 Å². The van der Waals surface area contributed by atoms with E-state index in [2.05, 4.69) is 0 Å². The first-order chi connectivity index (χ1) is 9.88. The van der Waals surface area contributed by atoms with E-state index in [1.165, 1.54) is 24.3 Å². The van der Waals surface area contributed by atoms with Crippen LogP contribution in [-0.2, 0) is 0 Å². The number of hydrogen-bond donors (Lipinski definition) is 1. The molecule has 2 aromatic rings. The Morgan fingerprint density at radius 1 is 1.14 bits per heavy atom. The minimum absolute atomic E-state index is 0.0454. The van der Waals surface area contributed by atoms with Gasteiger partial charge in [0.05, 0.1) is 27.5 Å². The molecular formula is C13H7F2NO4S. The van der Waals surface area contributed by atoms with Crippen LogP contribution in [0.5, 0.6) is 0 Å². The molecule has 0 heterocycles. The van der Waals surface area contributed by atoms with Crippen LogP contribution in [0.15, 0.2) is 46.2 Å². The Hall–Kier alpha value is -2.48. The zero-order valence-corrected chi connectivity index (χ0v) is 11.1. The topological polar surface area (TPSA) is 80.4 Å². The number of nitrogens with zero attached hydrogens (tertiary/aromatic N) is 1. The average Bonchev–Trinajstić information content (AvgIpc) is 2.43. The zero-order valence-electron chi connectivity index (χ0n) is 10.2. The number of benzene rings is 2. The van der Waals surface area contributed by atoms with Crippen LogP contribution in [-0.4, -0.2) is 16.0 Å². The number of carbonyl (C=O) groups is 1. The fourth-order valence-corrected chi connectivity index (χ4v) is 2.35. The Labute approximate surface area is 121 Å². The van der Waals surface area contributed by atoms with Crippen molar-refractivity contribution in [1.82, 2.24) is 0 Å². The molecule has 0 amide bonds. The predicted molar refractivity (Wildman–Crippen MR) is 70.5 cm³/mol. The van der Waals surface area contributed by atoms with Gasteiger partial charge in [-0.2, -0.15) is 0 Å². The minimum atomic E-state index is -1.11. The van der Waals surface area contributed by atoms with Gasteiger partial charge in [0.2, 0.25) is 0 Å². The number of nitro benzene ring substituents is 1. The SMILES string of the molecule is O=C(O)c1ccc(Sc2c(F)cc([N+](=O)[O-])cc2F)cc1. The molecule has 108 valence electrons. The lowest BCUT2D eigenvalue weighted by Crippen LogP contribution is -1.96. The summed E-state index contributed by atoms with van der Waals surface area (Å²) in [5.74, 6) is -3.21. The summed E-state index contributed by atoms with van der Waals surface area (Å²) < 4.78 is 27.4. The number of carboxylic acids is 1. The number of nitro groups is 1. The average molecular weight is 311 g/mol. The third kappa shape index (κ3) is 3.34. The van der Waals surface area contributed by atoms with Gasteiger partial charge in [-0.15, -0.1) is 0 Å². The monoisotopic (exact) mass is 311 g/mol. The molecular weight excluding hydrogens is 304 g/mol. The van der Waals surface area contributed by atoms with Gasteiger partial charge in [0.15, 0.2) is 0 Å². The first-order valence-electron chi connectivity index (χ1n) is 5.53. The molecule has 0 atom stereocenters. The van der Waals surface area contributed by atoms with Crippen LogP contribution >= 0.6 is 11.8 Å². The summed E-state index contributed by atoms with van der Waals surface area (Å²) in [5.41, 5.74) is -0.625. The Bertz CT molecular complexity index is 696. The lowest BCUT2D eigenvalue weighted by atomic mass is 10.2. The number of hydrogen-bond acceptors (Lipinski definition) is 4. The van der Waals surface area contributed by atoms with Gasteiger partial charge in [0.25, 0.3) is 5.69 Å². The fraction of sp³-hybridized carbons (Fsp3) is 0. The van der Waals surface area contributed by atoms with Crippen molar-refractivity contribution < 1.29 is 23.6 Å². The molecule has 2 rings (SSSR count). The molecule has 0 spiro atoms. The van der Waals surface area contributed by atoms with Crippen molar-refractivity contribution in [2.24, 2.45) is 0 Å². The molecule has 1 N–H and O–H groups in total. The van der Waals surface area contributed by atoms with Gasteiger partial charge in [0.1, 0.15) is 11.6 Å². The third-order valence-corrected chi connectivity index (χ3v) is 3.62. The maximum Gasteiger partial charge on any atom is 0.335 e. The Morgan fingerprint density at radius 3 is 2.10 bits per heavy atom. The van der Waals surface area contributed by atoms with E-state index in [0.29, 0.717) is 28.8 Å². The van der Waals surface area contributed by atoms with Gasteiger partial charge in [-0.3, -0.25) is 10.1 Å². The van der Waals surface area contributed by atoms with Crippen LogP contribution in [0.25, 0.3) is 0 Å². The highest BCUT2D eigenvalue weighted by Gasteiger charge is 2.18. The number of rotatable bonds is 4. The fourth-order valence-electron chi connectivity index (χ4n) is 1.53. The van der Waals surface area contributed by atoms with E-state index in [-0.39, 0.29) is 10.5 Å². The third-order valence-electron chi connectivity index (χ3n) is 2.52. The van der Waals surface area contributed by atoms with Gasteiger partial charge in [0, 0.05) is 4.90 Å². The zero-order chi connectivity index (χ0) is 15.6. The van der Waals surface area contributed by atoms with Gasteiger partial charge in [-0.25, -0.2) is 13.6 Å². The highest BCUT2D eigenvalue weighted by molar-refractivity contribution is 7.99. The van der Waals surface area contributed by atoms with Crippen molar-refractivity contribution in [2.75, 3.05) is 0 Å². The summed E-state index contributed by atoms with van der Waals surface area (Å²) in [6.07, 6.45) is 0. The van der Waals surface area contributed by atoms with Gasteiger partial charge < -0.3 is 5.11 Å². The second-order valence-electron chi connectivity index (χ2n) is 3.93. The van der Waals surface area contributed by atoms with E-state index < -0.39 is 28.2 Å². The van der Waals surface area contributed by atoms with Crippen molar-refractivity contribution in [1.29, 1.82) is 0 Å². The van der Waals surface area contributed by atoms with Crippen LogP contribution in [0, 0.1) is 21.7 Å². The Balaban J connectivity index is 2.31. The smallest absolute Gasteiger partial charge is 0.335 e. The quantitative estimate of drug-likeness (QED) is 0.687. The van der Waals surface area contributed by atoms with Crippen molar-refractivity contribution in [3.8, 4) is 0 Å². The van der Waals surface area contributed by atoms with Gasteiger partial charge >= 0.3 is 5.97 Å². The molecule has 5 nitrogen and oxygen atoms in total. The molecule has 0 aliphatic carbocycles. The van der Waals surface area contributed by atoms with Crippen LogP contribution in [0.2, 0.25) is 0 Å². The molecule has 0 fully saturated rings. The number of carboxylic acid groups (broad SMARTS) is 1. The summed E-state index contributed by atoms with van der Waals surface area (Å²) in [5, 5.41) is 19.2. The molecule has 2 aromatic carbocycles. The van der Waals surface area contributed by atoms with Gasteiger partial charge in [-0.05, 0) is 24.3 Å². The molecule has 0 saturated heterocycles. The van der Waals surface area contributed by atoms with Crippen molar-refractivity contribution in [3.05, 3.63) is 63.7 Å². The first-order valence-corrected chi connectivity index (χ1v) is 6.35. The Morgan fingerprint density at radius 2 is 1.67 bits per heavy atom. The molecule has 0 saturated carbocycles.